The number of esters is 1. The Hall–Kier alpha value is -1.51. The van der Waals surface area contributed by atoms with E-state index in [-0.39, 0.29) is 27.5 Å². The Morgan fingerprint density at radius 2 is 1.80 bits per heavy atom. The van der Waals surface area contributed by atoms with Gasteiger partial charge in [-0.3, -0.25) is 4.79 Å². The molecule has 1 aromatic rings. The van der Waals surface area contributed by atoms with Crippen molar-refractivity contribution in [2.24, 2.45) is 21.7 Å². The van der Waals surface area contributed by atoms with Crippen LogP contribution in [-0.2, 0) is 9.53 Å². The van der Waals surface area contributed by atoms with Gasteiger partial charge in [0.15, 0.2) is 0 Å². The molecule has 4 atom stereocenters. The first-order valence-corrected chi connectivity index (χ1v) is 14.0. The van der Waals surface area contributed by atoms with Crippen LogP contribution in [0.5, 0.6) is 0 Å². The van der Waals surface area contributed by atoms with Gasteiger partial charge >= 0.3 is 5.97 Å². The summed E-state index contributed by atoms with van der Waals surface area (Å²) in [4.78, 5) is 15.6. The van der Waals surface area contributed by atoms with Crippen LogP contribution >= 0.6 is 11.8 Å². The first-order valence-electron chi connectivity index (χ1n) is 13.0. The van der Waals surface area contributed by atoms with Crippen molar-refractivity contribution in [3.63, 3.8) is 0 Å². The zero-order valence-corrected chi connectivity index (χ0v) is 24.6. The van der Waals surface area contributed by atoms with Crippen molar-refractivity contribution >= 4 is 17.7 Å². The van der Waals surface area contributed by atoms with E-state index in [0.717, 1.165) is 38.0 Å². The molecule has 1 aliphatic rings. The Bertz CT molecular complexity index is 907. The van der Waals surface area contributed by atoms with Crippen molar-refractivity contribution in [3.05, 3.63) is 35.9 Å². The lowest BCUT2D eigenvalue weighted by molar-refractivity contribution is -0.149. The fraction of sp³-hybridized carbons (Fsp3) is 0.733. The molecule has 4 unspecified atom stereocenters. The van der Waals surface area contributed by atoms with E-state index >= 15 is 0 Å². The number of thioether (sulfide) groups is 1. The molecule has 4 nitrogen and oxygen atoms in total. The molecule has 5 heteroatoms. The maximum absolute atomic E-state index is 13.4. The summed E-state index contributed by atoms with van der Waals surface area (Å²) in [6.45, 7) is 16.5. The second kappa shape index (κ2) is 10.9. The summed E-state index contributed by atoms with van der Waals surface area (Å²) < 4.78 is 5.31. The van der Waals surface area contributed by atoms with Crippen molar-refractivity contribution in [2.45, 2.75) is 84.8 Å². The van der Waals surface area contributed by atoms with Crippen molar-refractivity contribution < 1.29 is 9.53 Å². The van der Waals surface area contributed by atoms with Gasteiger partial charge in [0.05, 0.1) is 24.0 Å². The first-order chi connectivity index (χ1) is 16.2. The summed E-state index contributed by atoms with van der Waals surface area (Å²) >= 11 is 1.93. The van der Waals surface area contributed by atoms with Crippen molar-refractivity contribution in [1.82, 2.24) is 4.90 Å². The van der Waals surface area contributed by atoms with Gasteiger partial charge in [0.25, 0.3) is 0 Å². The van der Waals surface area contributed by atoms with Gasteiger partial charge in [-0.2, -0.15) is 17.0 Å². The number of hydrogen-bond donors (Lipinski definition) is 0. The van der Waals surface area contributed by atoms with Crippen LogP contribution in [0.25, 0.3) is 0 Å². The Morgan fingerprint density at radius 3 is 2.29 bits per heavy atom. The van der Waals surface area contributed by atoms with Crippen LogP contribution in [-0.4, -0.2) is 49.1 Å². The minimum absolute atomic E-state index is 0.0854. The number of hydrogen-bond acceptors (Lipinski definition) is 5. The normalized spacial score (nSPS) is 25.0. The lowest BCUT2D eigenvalue weighted by Gasteiger charge is -2.53. The summed E-state index contributed by atoms with van der Waals surface area (Å²) in [6.07, 6.45) is 3.55. The van der Waals surface area contributed by atoms with Gasteiger partial charge in [-0.25, -0.2) is 0 Å². The minimum atomic E-state index is -0.536. The summed E-state index contributed by atoms with van der Waals surface area (Å²) in [7, 11) is 5.72. The van der Waals surface area contributed by atoms with Gasteiger partial charge in [-0.05, 0) is 95.2 Å². The summed E-state index contributed by atoms with van der Waals surface area (Å²) in [5.74, 6) is 1.04. The molecule has 196 valence electrons. The van der Waals surface area contributed by atoms with Gasteiger partial charge in [-0.1, -0.05) is 58.0 Å². The molecule has 2 rings (SSSR count). The quantitative estimate of drug-likeness (QED) is 0.212. The average Bonchev–Trinajstić information content (AvgIpc) is 3.39. The number of nitriles is 1. The number of carbonyl (C=O) groups is 1. The molecule has 0 heterocycles. The Morgan fingerprint density at radius 1 is 1.20 bits per heavy atom. The lowest BCUT2D eigenvalue weighted by atomic mass is 9.50. The zero-order valence-electron chi connectivity index (χ0n) is 23.8. The average molecular weight is 501 g/mol. The molecule has 0 saturated heterocycles. The second-order valence-electron chi connectivity index (χ2n) is 12.5. The Labute approximate surface area is 219 Å². The van der Waals surface area contributed by atoms with E-state index in [0.29, 0.717) is 0 Å². The lowest BCUT2D eigenvalue weighted by Crippen LogP contribution is -2.46. The SMILES string of the molecule is CCC(C)(C(c1ccccc1)C(C)(C)CC1(C(=O)OC)CC1(C)SCCCN(C)C)C(C)(C)C#N. The molecule has 1 aliphatic carbocycles. The fourth-order valence-electron chi connectivity index (χ4n) is 6.55. The maximum atomic E-state index is 13.4. The highest BCUT2D eigenvalue weighted by atomic mass is 32.2. The largest absolute Gasteiger partial charge is 0.469 e. The van der Waals surface area contributed by atoms with E-state index in [1.165, 1.54) is 12.7 Å². The van der Waals surface area contributed by atoms with Crippen molar-refractivity contribution in [1.29, 1.82) is 5.26 Å². The van der Waals surface area contributed by atoms with E-state index in [9.17, 15) is 10.1 Å². The third-order valence-electron chi connectivity index (χ3n) is 9.02. The molecule has 0 amide bonds. The molecule has 1 saturated carbocycles. The number of ether oxygens (including phenoxy) is 1. The minimum Gasteiger partial charge on any atom is -0.469 e. The molecule has 35 heavy (non-hydrogen) atoms. The molecule has 0 aromatic heterocycles. The second-order valence-corrected chi connectivity index (χ2v) is 14.1. The molecule has 1 aromatic carbocycles. The molecule has 0 aliphatic heterocycles. The van der Waals surface area contributed by atoms with Crippen LogP contribution in [0, 0.1) is 33.0 Å². The van der Waals surface area contributed by atoms with E-state index in [1.807, 2.05) is 17.8 Å². The topological polar surface area (TPSA) is 53.3 Å². The van der Waals surface area contributed by atoms with Crippen LogP contribution in [0.4, 0.5) is 0 Å². The van der Waals surface area contributed by atoms with Crippen molar-refractivity contribution in [3.8, 4) is 6.07 Å². The predicted octanol–water partition coefficient (Wildman–Crippen LogP) is 7.16. The molecule has 0 bridgehead atoms. The van der Waals surface area contributed by atoms with Crippen LogP contribution < -0.4 is 0 Å². The van der Waals surface area contributed by atoms with Crippen LogP contribution in [0.15, 0.2) is 30.3 Å². The Kier molecular flexibility index (Phi) is 9.21. The van der Waals surface area contributed by atoms with E-state index in [1.54, 1.807) is 0 Å². The van der Waals surface area contributed by atoms with Crippen LogP contribution in [0.2, 0.25) is 0 Å². The highest BCUT2D eigenvalue weighted by molar-refractivity contribution is 8.01. The van der Waals surface area contributed by atoms with Gasteiger partial charge in [0, 0.05) is 4.75 Å². The summed E-state index contributed by atoms with van der Waals surface area (Å²) in [5.41, 5.74) is -0.325. The van der Waals surface area contributed by atoms with E-state index < -0.39 is 10.8 Å². The predicted molar refractivity (Wildman–Crippen MR) is 148 cm³/mol. The maximum Gasteiger partial charge on any atom is 0.313 e. The molecular formula is C30H48N2O2S. The molecule has 0 radical (unpaired) electrons. The summed E-state index contributed by atoms with van der Waals surface area (Å²) in [6, 6.07) is 13.2. The number of benzene rings is 1. The number of rotatable bonds is 13. The van der Waals surface area contributed by atoms with Gasteiger partial charge in [0.1, 0.15) is 0 Å². The highest BCUT2D eigenvalue weighted by Gasteiger charge is 2.72. The molecular weight excluding hydrogens is 452 g/mol. The number of nitrogens with zero attached hydrogens (tertiary/aromatic N) is 2. The van der Waals surface area contributed by atoms with Gasteiger partial charge < -0.3 is 9.64 Å². The van der Waals surface area contributed by atoms with Gasteiger partial charge in [-0.15, -0.1) is 0 Å². The Balaban J connectivity index is 2.49. The van der Waals surface area contributed by atoms with Crippen molar-refractivity contribution in [2.75, 3.05) is 33.5 Å². The molecule has 1 fully saturated rings. The smallest absolute Gasteiger partial charge is 0.313 e. The van der Waals surface area contributed by atoms with E-state index in [4.69, 9.17) is 4.74 Å². The monoisotopic (exact) mass is 500 g/mol. The third-order valence-corrected chi connectivity index (χ3v) is 10.7. The highest BCUT2D eigenvalue weighted by Crippen LogP contribution is 2.71. The first kappa shape index (κ1) is 29.7. The van der Waals surface area contributed by atoms with Gasteiger partial charge in [0.2, 0.25) is 0 Å². The standard InChI is InChI=1S/C30H48N2O2S/c1-11-28(6,27(4,5)22-31)24(23-16-13-12-14-17-23)26(2,3)20-30(25(33)34-10)21-29(30,7)35-19-15-18-32(8)9/h12-14,16-17,24H,11,15,18-21H2,1-10H3. The number of carbonyl (C=O) groups excluding carboxylic acids is 1. The molecule has 0 N–H and O–H groups in total. The fourth-order valence-corrected chi connectivity index (χ4v) is 8.05. The van der Waals surface area contributed by atoms with Crippen LogP contribution in [0.3, 0.4) is 0 Å². The number of methoxy groups -OCH3 is 1. The molecule has 0 spiro atoms. The zero-order chi connectivity index (χ0) is 26.7. The third kappa shape index (κ3) is 5.75. The summed E-state index contributed by atoms with van der Waals surface area (Å²) in [5, 5.41) is 10.2. The van der Waals surface area contributed by atoms with Crippen LogP contribution in [0.1, 0.15) is 85.6 Å². The van der Waals surface area contributed by atoms with E-state index in [2.05, 4.69) is 97.8 Å².